The van der Waals surface area contributed by atoms with Gasteiger partial charge in [-0.3, -0.25) is 4.79 Å². The number of hydrogen-bond donors (Lipinski definition) is 2. The van der Waals surface area contributed by atoms with Crippen molar-refractivity contribution in [2.75, 3.05) is 11.1 Å². The Morgan fingerprint density at radius 1 is 1.25 bits per heavy atom. The van der Waals surface area contributed by atoms with Gasteiger partial charge in [0.2, 0.25) is 12.2 Å². The number of anilines is 1. The quantitative estimate of drug-likeness (QED) is 0.542. The number of benzene rings is 2. The molecular formula is C17H16ClN4OS+. The van der Waals surface area contributed by atoms with Crippen molar-refractivity contribution in [3.8, 4) is 5.69 Å². The van der Waals surface area contributed by atoms with Gasteiger partial charge in [-0.2, -0.15) is 5.10 Å². The van der Waals surface area contributed by atoms with Gasteiger partial charge in [0.05, 0.1) is 5.75 Å². The highest BCUT2D eigenvalue weighted by molar-refractivity contribution is 7.99. The van der Waals surface area contributed by atoms with E-state index in [1.165, 1.54) is 11.8 Å². The fourth-order valence-electron chi connectivity index (χ4n) is 2.18. The number of nitrogens with zero attached hydrogens (tertiary/aromatic N) is 2. The van der Waals surface area contributed by atoms with Crippen LogP contribution in [0.2, 0.25) is 5.02 Å². The van der Waals surface area contributed by atoms with E-state index < -0.39 is 0 Å². The lowest BCUT2D eigenvalue weighted by Gasteiger charge is -2.08. The number of amides is 1. The van der Waals surface area contributed by atoms with E-state index >= 15 is 0 Å². The van der Waals surface area contributed by atoms with E-state index in [2.05, 4.69) is 15.4 Å². The molecule has 122 valence electrons. The minimum Gasteiger partial charge on any atom is -0.325 e. The summed E-state index contributed by atoms with van der Waals surface area (Å²) in [5.41, 5.74) is 2.55. The maximum absolute atomic E-state index is 12.2. The van der Waals surface area contributed by atoms with Crippen LogP contribution < -0.4 is 10.00 Å². The fourth-order valence-corrected chi connectivity index (χ4v) is 3.10. The predicted molar refractivity (Wildman–Crippen MR) is 95.7 cm³/mol. The number of H-pyrrole nitrogens is 1. The van der Waals surface area contributed by atoms with Gasteiger partial charge in [-0.15, -0.1) is 4.68 Å². The summed E-state index contributed by atoms with van der Waals surface area (Å²) in [5, 5.41) is 7.28. The van der Waals surface area contributed by atoms with Gasteiger partial charge in [-0.25, -0.2) is 0 Å². The van der Waals surface area contributed by atoms with Crippen LogP contribution in [0.4, 0.5) is 5.69 Å². The molecule has 2 N–H and O–H groups in total. The van der Waals surface area contributed by atoms with Crippen LogP contribution in [0.5, 0.6) is 0 Å². The van der Waals surface area contributed by atoms with Crippen molar-refractivity contribution >= 4 is 35.0 Å². The first kappa shape index (κ1) is 16.5. The smallest absolute Gasteiger partial charge is 0.325 e. The monoisotopic (exact) mass is 359 g/mol. The summed E-state index contributed by atoms with van der Waals surface area (Å²) in [4.78, 5) is 16.5. The van der Waals surface area contributed by atoms with E-state index in [1.807, 2.05) is 54.1 Å². The first-order chi connectivity index (χ1) is 11.6. The van der Waals surface area contributed by atoms with Gasteiger partial charge >= 0.3 is 5.16 Å². The van der Waals surface area contributed by atoms with Crippen molar-refractivity contribution in [2.45, 2.75) is 12.1 Å². The Bertz CT molecular complexity index is 851. The van der Waals surface area contributed by atoms with Crippen LogP contribution in [0.3, 0.4) is 0 Å². The molecule has 24 heavy (non-hydrogen) atoms. The lowest BCUT2D eigenvalue weighted by atomic mass is 10.2. The average molecular weight is 360 g/mol. The Morgan fingerprint density at radius 2 is 2.04 bits per heavy atom. The SMILES string of the molecule is Cc1c(Cl)cccc1NC(=O)CSc1nc[nH][n+]1-c1ccccc1. The van der Waals surface area contributed by atoms with Crippen LogP contribution in [-0.2, 0) is 4.79 Å². The number of rotatable bonds is 5. The van der Waals surface area contributed by atoms with Gasteiger partial charge < -0.3 is 5.32 Å². The number of thioether (sulfide) groups is 1. The third-order valence-corrected chi connectivity index (χ3v) is 4.80. The summed E-state index contributed by atoms with van der Waals surface area (Å²) in [6.07, 6.45) is 1.61. The Morgan fingerprint density at radius 3 is 2.83 bits per heavy atom. The molecule has 0 radical (unpaired) electrons. The largest absolute Gasteiger partial charge is 0.385 e. The molecule has 3 aromatic rings. The highest BCUT2D eigenvalue weighted by Gasteiger charge is 2.18. The zero-order valence-corrected chi connectivity index (χ0v) is 14.6. The van der Waals surface area contributed by atoms with E-state index in [0.29, 0.717) is 5.02 Å². The summed E-state index contributed by atoms with van der Waals surface area (Å²) < 4.78 is 1.84. The van der Waals surface area contributed by atoms with Crippen LogP contribution in [0.15, 0.2) is 60.0 Å². The molecule has 2 aromatic carbocycles. The van der Waals surface area contributed by atoms with Crippen molar-refractivity contribution in [3.05, 3.63) is 65.4 Å². The highest BCUT2D eigenvalue weighted by Crippen LogP contribution is 2.23. The van der Waals surface area contributed by atoms with Crippen molar-refractivity contribution < 1.29 is 9.48 Å². The van der Waals surface area contributed by atoms with Crippen LogP contribution in [0, 0.1) is 6.92 Å². The summed E-state index contributed by atoms with van der Waals surface area (Å²) in [5.74, 6) is 0.150. The molecule has 7 heteroatoms. The molecular weight excluding hydrogens is 344 g/mol. The van der Waals surface area contributed by atoms with E-state index in [0.717, 1.165) is 22.1 Å². The fraction of sp³-hybridized carbons (Fsp3) is 0.118. The number of carbonyl (C=O) groups is 1. The summed E-state index contributed by atoms with van der Waals surface area (Å²) in [6.45, 7) is 1.88. The predicted octanol–water partition coefficient (Wildman–Crippen LogP) is 3.38. The number of hydrogen-bond acceptors (Lipinski definition) is 3. The van der Waals surface area contributed by atoms with Crippen molar-refractivity contribution in [3.63, 3.8) is 0 Å². The molecule has 0 fully saturated rings. The maximum Gasteiger partial charge on any atom is 0.385 e. The number of halogens is 1. The van der Waals surface area contributed by atoms with Crippen LogP contribution >= 0.6 is 23.4 Å². The second-order valence-electron chi connectivity index (χ2n) is 5.09. The number of carbonyl (C=O) groups excluding carboxylic acids is 1. The van der Waals surface area contributed by atoms with Gasteiger partial charge in [-0.05, 0) is 53.5 Å². The average Bonchev–Trinajstić information content (AvgIpc) is 3.06. The molecule has 0 unspecified atom stereocenters. The second kappa shape index (κ2) is 7.51. The molecule has 3 rings (SSSR count). The molecule has 0 aliphatic carbocycles. The molecule has 0 aliphatic heterocycles. The van der Waals surface area contributed by atoms with Crippen molar-refractivity contribution in [1.82, 2.24) is 10.1 Å². The van der Waals surface area contributed by atoms with Gasteiger partial charge in [0.25, 0.3) is 0 Å². The molecule has 0 saturated heterocycles. The van der Waals surface area contributed by atoms with Crippen LogP contribution in [0.25, 0.3) is 5.69 Å². The Hall–Kier alpha value is -2.31. The van der Waals surface area contributed by atoms with Crippen LogP contribution in [0.1, 0.15) is 5.56 Å². The lowest BCUT2D eigenvalue weighted by molar-refractivity contribution is -0.694. The first-order valence-electron chi connectivity index (χ1n) is 7.34. The van der Waals surface area contributed by atoms with Gasteiger partial charge in [0.15, 0.2) is 5.69 Å². The summed E-state index contributed by atoms with van der Waals surface area (Å²) >= 11 is 7.43. The van der Waals surface area contributed by atoms with Gasteiger partial charge in [0, 0.05) is 10.7 Å². The third-order valence-electron chi connectivity index (χ3n) is 3.44. The maximum atomic E-state index is 12.2. The molecule has 0 saturated carbocycles. The van der Waals surface area contributed by atoms with E-state index in [-0.39, 0.29) is 11.7 Å². The standard InChI is InChI=1S/C17H15ClN4OS/c1-12-14(18)8-5-9-15(12)21-16(23)10-24-17-19-11-20-22(17)13-6-3-2-4-7-13/h2-9,11H,10H2,1H3,(H,21,23)/p+1. The van der Waals surface area contributed by atoms with Crippen LogP contribution in [-0.4, -0.2) is 21.7 Å². The minimum atomic E-state index is -0.104. The Kier molecular flexibility index (Phi) is 5.17. The number of aromatic nitrogens is 3. The summed E-state index contributed by atoms with van der Waals surface area (Å²) in [7, 11) is 0. The van der Waals surface area contributed by atoms with Crippen molar-refractivity contribution in [2.24, 2.45) is 0 Å². The molecule has 0 spiro atoms. The normalized spacial score (nSPS) is 10.6. The summed E-state index contributed by atoms with van der Waals surface area (Å²) in [6, 6.07) is 15.2. The zero-order valence-electron chi connectivity index (χ0n) is 13.0. The highest BCUT2D eigenvalue weighted by atomic mass is 35.5. The Balaban J connectivity index is 1.65. The molecule has 1 aromatic heterocycles. The number of aromatic amines is 1. The molecule has 0 aliphatic rings. The molecule has 0 bridgehead atoms. The molecule has 5 nitrogen and oxygen atoms in total. The van der Waals surface area contributed by atoms with Gasteiger partial charge in [-0.1, -0.05) is 35.9 Å². The Labute approximate surface area is 149 Å². The van der Waals surface area contributed by atoms with Crippen molar-refractivity contribution in [1.29, 1.82) is 0 Å². The number of para-hydroxylation sites is 1. The lowest BCUT2D eigenvalue weighted by Crippen LogP contribution is -2.35. The molecule has 0 atom stereocenters. The number of nitrogens with one attached hydrogen (secondary N) is 2. The minimum absolute atomic E-state index is 0.104. The zero-order chi connectivity index (χ0) is 16.9. The third kappa shape index (κ3) is 3.77. The molecule has 1 amide bonds. The van der Waals surface area contributed by atoms with E-state index in [9.17, 15) is 4.79 Å². The second-order valence-corrected chi connectivity index (χ2v) is 6.44. The molecule has 1 heterocycles. The first-order valence-corrected chi connectivity index (χ1v) is 8.70. The van der Waals surface area contributed by atoms with Gasteiger partial charge in [0.1, 0.15) is 0 Å². The topological polar surface area (TPSA) is 61.7 Å². The van der Waals surface area contributed by atoms with E-state index in [1.54, 1.807) is 12.4 Å². The van der Waals surface area contributed by atoms with E-state index in [4.69, 9.17) is 11.6 Å².